The van der Waals surface area contributed by atoms with Crippen molar-refractivity contribution in [2.24, 2.45) is 0 Å². The van der Waals surface area contributed by atoms with E-state index in [4.69, 9.17) is 4.74 Å². The molecular formula is C25H26FNO2. The van der Waals surface area contributed by atoms with E-state index in [9.17, 15) is 9.18 Å². The molecule has 0 amide bonds. The molecule has 0 N–H and O–H groups in total. The fourth-order valence-corrected chi connectivity index (χ4v) is 3.62. The van der Waals surface area contributed by atoms with Crippen LogP contribution in [-0.2, 0) is 16.1 Å². The van der Waals surface area contributed by atoms with Gasteiger partial charge in [0.25, 0.3) is 0 Å². The quantitative estimate of drug-likeness (QED) is 0.462. The van der Waals surface area contributed by atoms with Gasteiger partial charge in [0, 0.05) is 18.6 Å². The first-order valence-electron chi connectivity index (χ1n) is 9.75. The van der Waals surface area contributed by atoms with Gasteiger partial charge in [-0.15, -0.1) is 0 Å². The minimum Gasteiger partial charge on any atom is -0.469 e. The van der Waals surface area contributed by atoms with E-state index in [0.29, 0.717) is 6.54 Å². The van der Waals surface area contributed by atoms with Gasteiger partial charge in [-0.05, 0) is 35.7 Å². The Morgan fingerprint density at radius 3 is 2.17 bits per heavy atom. The van der Waals surface area contributed by atoms with Crippen LogP contribution in [0, 0.1) is 5.82 Å². The van der Waals surface area contributed by atoms with Gasteiger partial charge in [0.15, 0.2) is 0 Å². The SMILES string of the molecule is COC(=O)C[C@H](c1cccc(F)c1)N(Cc1ccccc1)[C@@H](C)c1ccccc1. The summed E-state index contributed by atoms with van der Waals surface area (Å²) in [5.41, 5.74) is 3.02. The molecule has 0 fully saturated rings. The second-order valence-corrected chi connectivity index (χ2v) is 7.10. The molecule has 3 nitrogen and oxygen atoms in total. The zero-order valence-corrected chi connectivity index (χ0v) is 16.8. The summed E-state index contributed by atoms with van der Waals surface area (Å²) in [5, 5.41) is 0. The highest BCUT2D eigenvalue weighted by atomic mass is 19.1. The summed E-state index contributed by atoms with van der Waals surface area (Å²) in [7, 11) is 1.38. The molecule has 0 saturated heterocycles. The van der Waals surface area contributed by atoms with Gasteiger partial charge in [-0.25, -0.2) is 4.39 Å². The summed E-state index contributed by atoms with van der Waals surface area (Å²) >= 11 is 0. The number of esters is 1. The molecule has 4 heteroatoms. The maximum absolute atomic E-state index is 14.0. The molecule has 0 aromatic heterocycles. The number of nitrogens with zero attached hydrogens (tertiary/aromatic N) is 1. The van der Waals surface area contributed by atoms with Crippen molar-refractivity contribution in [3.8, 4) is 0 Å². The monoisotopic (exact) mass is 391 g/mol. The number of benzene rings is 3. The van der Waals surface area contributed by atoms with Crippen LogP contribution in [0.5, 0.6) is 0 Å². The average Bonchev–Trinajstić information content (AvgIpc) is 2.76. The van der Waals surface area contributed by atoms with Gasteiger partial charge in [-0.3, -0.25) is 9.69 Å². The topological polar surface area (TPSA) is 29.5 Å². The summed E-state index contributed by atoms with van der Waals surface area (Å²) in [6.45, 7) is 2.73. The lowest BCUT2D eigenvalue weighted by molar-refractivity contribution is -0.142. The van der Waals surface area contributed by atoms with Gasteiger partial charge in [-0.1, -0.05) is 72.8 Å². The molecule has 0 heterocycles. The van der Waals surface area contributed by atoms with Gasteiger partial charge in [0.05, 0.1) is 13.5 Å². The Morgan fingerprint density at radius 2 is 1.55 bits per heavy atom. The lowest BCUT2D eigenvalue weighted by atomic mass is 9.96. The predicted octanol–water partition coefficient (Wildman–Crippen LogP) is 5.69. The van der Waals surface area contributed by atoms with Gasteiger partial charge < -0.3 is 4.74 Å². The van der Waals surface area contributed by atoms with Crippen molar-refractivity contribution >= 4 is 5.97 Å². The number of halogens is 1. The molecule has 0 unspecified atom stereocenters. The van der Waals surface area contributed by atoms with Crippen LogP contribution in [0.3, 0.4) is 0 Å². The average molecular weight is 391 g/mol. The van der Waals surface area contributed by atoms with E-state index in [2.05, 4.69) is 36.1 Å². The van der Waals surface area contributed by atoms with Crippen molar-refractivity contribution in [2.75, 3.05) is 7.11 Å². The molecule has 0 aliphatic rings. The molecular weight excluding hydrogens is 365 g/mol. The lowest BCUT2D eigenvalue weighted by Gasteiger charge is -2.37. The van der Waals surface area contributed by atoms with Crippen molar-refractivity contribution < 1.29 is 13.9 Å². The number of hydrogen-bond donors (Lipinski definition) is 0. The normalized spacial score (nSPS) is 13.1. The molecule has 150 valence electrons. The van der Waals surface area contributed by atoms with E-state index in [-0.39, 0.29) is 30.3 Å². The molecule has 2 atom stereocenters. The Morgan fingerprint density at radius 1 is 0.931 bits per heavy atom. The van der Waals surface area contributed by atoms with Crippen molar-refractivity contribution in [2.45, 2.75) is 32.0 Å². The van der Waals surface area contributed by atoms with E-state index in [1.807, 2.05) is 42.5 Å². The van der Waals surface area contributed by atoms with Crippen molar-refractivity contribution in [3.63, 3.8) is 0 Å². The Bertz CT molecular complexity index is 914. The first-order valence-corrected chi connectivity index (χ1v) is 9.75. The molecule has 0 saturated carbocycles. The number of ether oxygens (including phenoxy) is 1. The predicted molar refractivity (Wildman–Crippen MR) is 113 cm³/mol. The van der Waals surface area contributed by atoms with Gasteiger partial charge in [0.2, 0.25) is 0 Å². The molecule has 0 spiro atoms. The zero-order valence-electron chi connectivity index (χ0n) is 16.8. The maximum atomic E-state index is 14.0. The van der Waals surface area contributed by atoms with Crippen LogP contribution < -0.4 is 0 Å². The van der Waals surface area contributed by atoms with E-state index in [1.54, 1.807) is 6.07 Å². The standard InChI is InChI=1S/C25H26FNO2/c1-19(21-12-7-4-8-13-21)27(18-20-10-5-3-6-11-20)24(17-25(28)29-2)22-14-9-15-23(26)16-22/h3-16,19,24H,17-18H2,1-2H3/t19-,24+/m0/s1. The van der Waals surface area contributed by atoms with Crippen LogP contribution in [0.1, 0.15) is 42.1 Å². The molecule has 29 heavy (non-hydrogen) atoms. The second-order valence-electron chi connectivity index (χ2n) is 7.10. The first kappa shape index (κ1) is 20.7. The number of carbonyl (C=O) groups is 1. The Kier molecular flexibility index (Phi) is 7.14. The fraction of sp³-hybridized carbons (Fsp3) is 0.240. The zero-order chi connectivity index (χ0) is 20.6. The highest BCUT2D eigenvalue weighted by Crippen LogP contribution is 2.35. The number of methoxy groups -OCH3 is 1. The summed E-state index contributed by atoms with van der Waals surface area (Å²) in [5.74, 6) is -0.637. The van der Waals surface area contributed by atoms with Gasteiger partial charge >= 0.3 is 5.97 Å². The smallest absolute Gasteiger partial charge is 0.307 e. The van der Waals surface area contributed by atoms with Crippen molar-refractivity contribution in [3.05, 3.63) is 107 Å². The summed E-state index contributed by atoms with van der Waals surface area (Å²) in [4.78, 5) is 14.5. The summed E-state index contributed by atoms with van der Waals surface area (Å²) < 4.78 is 19.0. The van der Waals surface area contributed by atoms with Crippen LogP contribution in [0.2, 0.25) is 0 Å². The Hall–Kier alpha value is -2.98. The van der Waals surface area contributed by atoms with E-state index in [1.165, 1.54) is 19.2 Å². The molecule has 0 aliphatic carbocycles. The van der Waals surface area contributed by atoms with E-state index in [0.717, 1.165) is 16.7 Å². The maximum Gasteiger partial charge on any atom is 0.307 e. The van der Waals surface area contributed by atoms with Crippen LogP contribution in [0.4, 0.5) is 4.39 Å². The minimum atomic E-state index is -0.325. The number of carbonyl (C=O) groups excluding carboxylic acids is 1. The third-order valence-corrected chi connectivity index (χ3v) is 5.21. The molecule has 3 rings (SSSR count). The number of rotatable bonds is 8. The Balaban J connectivity index is 2.04. The molecule has 3 aromatic carbocycles. The molecule has 3 aromatic rings. The van der Waals surface area contributed by atoms with Crippen LogP contribution >= 0.6 is 0 Å². The first-order chi connectivity index (χ1) is 14.1. The minimum absolute atomic E-state index is 0.00864. The van der Waals surface area contributed by atoms with Crippen LogP contribution in [-0.4, -0.2) is 18.0 Å². The lowest BCUT2D eigenvalue weighted by Crippen LogP contribution is -2.33. The van der Waals surface area contributed by atoms with Gasteiger partial charge in [0.1, 0.15) is 5.82 Å². The second kappa shape index (κ2) is 9.99. The van der Waals surface area contributed by atoms with E-state index < -0.39 is 0 Å². The van der Waals surface area contributed by atoms with Crippen LogP contribution in [0.25, 0.3) is 0 Å². The number of hydrogen-bond acceptors (Lipinski definition) is 3. The largest absolute Gasteiger partial charge is 0.469 e. The highest BCUT2D eigenvalue weighted by Gasteiger charge is 2.29. The van der Waals surface area contributed by atoms with Crippen LogP contribution in [0.15, 0.2) is 84.9 Å². The fourth-order valence-electron chi connectivity index (χ4n) is 3.62. The van der Waals surface area contributed by atoms with Crippen molar-refractivity contribution in [1.29, 1.82) is 0 Å². The molecule has 0 bridgehead atoms. The molecule has 0 aliphatic heterocycles. The van der Waals surface area contributed by atoms with Gasteiger partial charge in [-0.2, -0.15) is 0 Å². The third-order valence-electron chi connectivity index (χ3n) is 5.21. The van der Waals surface area contributed by atoms with Crippen molar-refractivity contribution in [1.82, 2.24) is 4.90 Å². The van der Waals surface area contributed by atoms with E-state index >= 15 is 0 Å². The summed E-state index contributed by atoms with van der Waals surface area (Å²) in [6.07, 6.45) is 0.143. The third kappa shape index (κ3) is 5.52. The molecule has 0 radical (unpaired) electrons. The summed E-state index contributed by atoms with van der Waals surface area (Å²) in [6, 6.07) is 26.4. The highest BCUT2D eigenvalue weighted by molar-refractivity contribution is 5.70. The Labute approximate surface area is 171 Å².